The molecule has 6 heteroatoms. The maximum absolute atomic E-state index is 12.4. The number of hydrogen-bond acceptors (Lipinski definition) is 4. The summed E-state index contributed by atoms with van der Waals surface area (Å²) in [6, 6.07) is 17.2. The summed E-state index contributed by atoms with van der Waals surface area (Å²) in [5, 5.41) is 6.53. The molecule has 138 valence electrons. The standard InChI is InChI=1S/C20H23N3OS.ClH/c24-20(22-15-9-12-21-13-10-15)11-14-23-16-5-1-3-7-18(16)25-19-8-4-2-6-17(19)23;/h1-8,15,21H,9-14H2,(H,22,24);1H. The molecule has 0 aliphatic carbocycles. The molecule has 2 N–H and O–H groups in total. The van der Waals surface area contributed by atoms with Crippen molar-refractivity contribution in [1.29, 1.82) is 0 Å². The van der Waals surface area contributed by atoms with Crippen LogP contribution < -0.4 is 15.5 Å². The van der Waals surface area contributed by atoms with E-state index in [1.807, 2.05) is 0 Å². The number of hydrogen-bond donors (Lipinski definition) is 2. The Kier molecular flexibility index (Phi) is 6.46. The second-order valence-electron chi connectivity index (χ2n) is 6.53. The Bertz CT molecular complexity index is 719. The van der Waals surface area contributed by atoms with Crippen molar-refractivity contribution in [3.05, 3.63) is 48.5 Å². The number of amides is 1. The molecule has 0 atom stereocenters. The number of rotatable bonds is 4. The lowest BCUT2D eigenvalue weighted by molar-refractivity contribution is -0.121. The Labute approximate surface area is 165 Å². The molecule has 2 aliphatic rings. The second kappa shape index (κ2) is 8.80. The molecule has 1 amide bonds. The summed E-state index contributed by atoms with van der Waals surface area (Å²) < 4.78 is 0. The topological polar surface area (TPSA) is 44.4 Å². The van der Waals surface area contributed by atoms with Crippen molar-refractivity contribution in [2.45, 2.75) is 35.1 Å². The summed E-state index contributed by atoms with van der Waals surface area (Å²) in [6.07, 6.45) is 2.56. The van der Waals surface area contributed by atoms with Crippen LogP contribution in [0.5, 0.6) is 0 Å². The molecular weight excluding hydrogens is 366 g/mol. The number of carbonyl (C=O) groups is 1. The van der Waals surface area contributed by atoms with Gasteiger partial charge in [0.2, 0.25) is 5.91 Å². The molecule has 2 aromatic carbocycles. The van der Waals surface area contributed by atoms with Crippen LogP contribution in [0.1, 0.15) is 19.3 Å². The minimum atomic E-state index is 0. The molecule has 26 heavy (non-hydrogen) atoms. The average molecular weight is 390 g/mol. The Morgan fingerprint density at radius 2 is 1.62 bits per heavy atom. The minimum Gasteiger partial charge on any atom is -0.353 e. The number of carbonyl (C=O) groups excluding carboxylic acids is 1. The molecule has 2 aliphatic heterocycles. The molecule has 0 radical (unpaired) electrons. The fourth-order valence-corrected chi connectivity index (χ4v) is 4.60. The third kappa shape index (κ3) is 4.17. The van der Waals surface area contributed by atoms with Crippen LogP contribution in [0, 0.1) is 0 Å². The van der Waals surface area contributed by atoms with Gasteiger partial charge in [-0.25, -0.2) is 0 Å². The van der Waals surface area contributed by atoms with Crippen molar-refractivity contribution >= 4 is 41.5 Å². The summed E-state index contributed by atoms with van der Waals surface area (Å²) in [5.74, 6) is 0.153. The van der Waals surface area contributed by atoms with E-state index < -0.39 is 0 Å². The molecule has 0 aromatic heterocycles. The first-order valence-electron chi connectivity index (χ1n) is 8.95. The monoisotopic (exact) mass is 389 g/mol. The van der Waals surface area contributed by atoms with Crippen molar-refractivity contribution in [3.63, 3.8) is 0 Å². The Hall–Kier alpha value is -1.69. The van der Waals surface area contributed by atoms with Crippen molar-refractivity contribution in [1.82, 2.24) is 10.6 Å². The Morgan fingerprint density at radius 1 is 1.04 bits per heavy atom. The number of para-hydroxylation sites is 2. The maximum atomic E-state index is 12.4. The lowest BCUT2D eigenvalue weighted by Crippen LogP contribution is -2.43. The number of anilines is 2. The fourth-order valence-electron chi connectivity index (χ4n) is 3.50. The van der Waals surface area contributed by atoms with Crippen LogP contribution in [0.25, 0.3) is 0 Å². The minimum absolute atomic E-state index is 0. The zero-order valence-electron chi connectivity index (χ0n) is 14.6. The van der Waals surface area contributed by atoms with E-state index in [-0.39, 0.29) is 18.3 Å². The molecule has 4 rings (SSSR count). The Morgan fingerprint density at radius 3 is 2.23 bits per heavy atom. The van der Waals surface area contributed by atoms with Crippen molar-refractivity contribution in [3.8, 4) is 0 Å². The molecule has 1 saturated heterocycles. The van der Waals surface area contributed by atoms with Gasteiger partial charge in [-0.1, -0.05) is 36.0 Å². The van der Waals surface area contributed by atoms with E-state index in [0.29, 0.717) is 19.0 Å². The van der Waals surface area contributed by atoms with Crippen LogP contribution in [0.15, 0.2) is 58.3 Å². The van der Waals surface area contributed by atoms with Gasteiger partial charge in [-0.2, -0.15) is 0 Å². The number of benzene rings is 2. The van der Waals surface area contributed by atoms with Crippen LogP contribution >= 0.6 is 24.2 Å². The van der Waals surface area contributed by atoms with Gasteiger partial charge in [0.25, 0.3) is 0 Å². The quantitative estimate of drug-likeness (QED) is 0.830. The van der Waals surface area contributed by atoms with Crippen molar-refractivity contribution in [2.75, 3.05) is 24.5 Å². The molecule has 2 heterocycles. The van der Waals surface area contributed by atoms with Gasteiger partial charge in [-0.3, -0.25) is 4.79 Å². The molecule has 0 unspecified atom stereocenters. The highest BCUT2D eigenvalue weighted by Gasteiger charge is 2.23. The van der Waals surface area contributed by atoms with E-state index in [9.17, 15) is 4.79 Å². The van der Waals surface area contributed by atoms with E-state index in [4.69, 9.17) is 0 Å². The smallest absolute Gasteiger partial charge is 0.222 e. The third-order valence-corrected chi connectivity index (χ3v) is 5.93. The van der Waals surface area contributed by atoms with E-state index >= 15 is 0 Å². The molecule has 0 bridgehead atoms. The van der Waals surface area contributed by atoms with Gasteiger partial charge in [-0.15, -0.1) is 12.4 Å². The van der Waals surface area contributed by atoms with Gasteiger partial charge in [0, 0.05) is 28.8 Å². The van der Waals surface area contributed by atoms with Crippen LogP contribution in [-0.4, -0.2) is 31.6 Å². The number of nitrogens with zero attached hydrogens (tertiary/aromatic N) is 1. The number of nitrogens with one attached hydrogen (secondary N) is 2. The lowest BCUT2D eigenvalue weighted by Gasteiger charge is -2.33. The zero-order chi connectivity index (χ0) is 17.1. The van der Waals surface area contributed by atoms with Gasteiger partial charge in [-0.05, 0) is 50.2 Å². The molecule has 0 spiro atoms. The zero-order valence-corrected chi connectivity index (χ0v) is 16.2. The van der Waals surface area contributed by atoms with Crippen LogP contribution in [-0.2, 0) is 4.79 Å². The SMILES string of the molecule is Cl.O=C(CCN1c2ccccc2Sc2ccccc21)NC1CCNCC1. The molecule has 1 fully saturated rings. The second-order valence-corrected chi connectivity index (χ2v) is 7.61. The van der Waals surface area contributed by atoms with Crippen molar-refractivity contribution in [2.24, 2.45) is 0 Å². The van der Waals surface area contributed by atoms with Crippen molar-refractivity contribution < 1.29 is 4.79 Å². The van der Waals surface area contributed by atoms with E-state index in [1.165, 1.54) is 21.2 Å². The van der Waals surface area contributed by atoms with Gasteiger partial charge in [0.1, 0.15) is 0 Å². The molecule has 2 aromatic rings. The predicted molar refractivity (Wildman–Crippen MR) is 110 cm³/mol. The summed E-state index contributed by atoms with van der Waals surface area (Å²) >= 11 is 1.80. The van der Waals surface area contributed by atoms with E-state index in [2.05, 4.69) is 64.1 Å². The van der Waals surface area contributed by atoms with Gasteiger partial charge in [0.15, 0.2) is 0 Å². The highest BCUT2D eigenvalue weighted by molar-refractivity contribution is 7.99. The summed E-state index contributed by atoms with van der Waals surface area (Å²) in [7, 11) is 0. The largest absolute Gasteiger partial charge is 0.353 e. The van der Waals surface area contributed by atoms with Gasteiger partial charge < -0.3 is 15.5 Å². The average Bonchev–Trinajstić information content (AvgIpc) is 2.66. The summed E-state index contributed by atoms with van der Waals surface area (Å²) in [4.78, 5) is 17.2. The fraction of sp³-hybridized carbons (Fsp3) is 0.350. The van der Waals surface area contributed by atoms with E-state index in [0.717, 1.165) is 25.9 Å². The van der Waals surface area contributed by atoms with Crippen LogP contribution in [0.2, 0.25) is 0 Å². The normalized spacial score (nSPS) is 16.2. The maximum Gasteiger partial charge on any atom is 0.222 e. The molecule has 4 nitrogen and oxygen atoms in total. The van der Waals surface area contributed by atoms with Crippen LogP contribution in [0.3, 0.4) is 0 Å². The summed E-state index contributed by atoms with van der Waals surface area (Å²) in [5.41, 5.74) is 2.39. The Balaban J connectivity index is 0.00000196. The van der Waals surface area contributed by atoms with Gasteiger partial charge >= 0.3 is 0 Å². The summed E-state index contributed by atoms with van der Waals surface area (Å²) in [6.45, 7) is 2.69. The number of piperidine rings is 1. The predicted octanol–water partition coefficient (Wildman–Crippen LogP) is 3.97. The molecular formula is C20H24ClN3OS. The highest BCUT2D eigenvalue weighted by Crippen LogP contribution is 2.47. The highest BCUT2D eigenvalue weighted by atomic mass is 35.5. The first kappa shape index (κ1) is 19.1. The van der Waals surface area contributed by atoms with E-state index in [1.54, 1.807) is 11.8 Å². The number of halogens is 1. The van der Waals surface area contributed by atoms with Gasteiger partial charge in [0.05, 0.1) is 11.4 Å². The first-order valence-corrected chi connectivity index (χ1v) is 9.76. The van der Waals surface area contributed by atoms with Crippen LogP contribution in [0.4, 0.5) is 11.4 Å². The molecule has 0 saturated carbocycles. The third-order valence-electron chi connectivity index (χ3n) is 4.80. The lowest BCUT2D eigenvalue weighted by atomic mass is 10.1. The number of fused-ring (bicyclic) bond motifs is 2. The first-order chi connectivity index (χ1) is 12.3.